The van der Waals surface area contributed by atoms with Crippen LogP contribution in [-0.2, 0) is 0 Å². The van der Waals surface area contributed by atoms with Crippen molar-refractivity contribution in [3.05, 3.63) is 99.1 Å². The maximum absolute atomic E-state index is 13.8. The van der Waals surface area contributed by atoms with Gasteiger partial charge in [-0.05, 0) is 99.8 Å². The van der Waals surface area contributed by atoms with Crippen LogP contribution >= 0.6 is 11.3 Å². The lowest BCUT2D eigenvalue weighted by atomic mass is 9.79. The van der Waals surface area contributed by atoms with Gasteiger partial charge in [0.25, 0.3) is 17.0 Å². The third-order valence-corrected chi connectivity index (χ3v) is 9.44. The molecule has 6 aromatic rings. The van der Waals surface area contributed by atoms with E-state index in [2.05, 4.69) is 50.5 Å². The first-order valence-corrected chi connectivity index (χ1v) is 14.8. The molecule has 1 fully saturated rings. The highest BCUT2D eigenvalue weighted by Crippen LogP contribution is 2.39. The molecule has 1 saturated heterocycles. The Hall–Kier alpha value is -4.07. The third kappa shape index (κ3) is 4.23. The highest BCUT2D eigenvalue weighted by atomic mass is 32.1. The summed E-state index contributed by atoms with van der Waals surface area (Å²) in [5.74, 6) is -0.159. The Labute approximate surface area is 241 Å². The zero-order valence-electron chi connectivity index (χ0n) is 23.5. The molecule has 41 heavy (non-hydrogen) atoms. The number of benzene rings is 4. The van der Waals surface area contributed by atoms with Crippen LogP contribution in [0.3, 0.4) is 0 Å². The molecule has 2 N–H and O–H groups in total. The van der Waals surface area contributed by atoms with E-state index in [1.54, 1.807) is 35.6 Å². The number of carbonyl (C=O) groups excluding carboxylic acids is 1. The Kier molecular flexibility index (Phi) is 5.66. The summed E-state index contributed by atoms with van der Waals surface area (Å²) in [6.45, 7) is 8.61. The molecule has 0 spiro atoms. The predicted octanol–water partition coefficient (Wildman–Crippen LogP) is 6.35. The Morgan fingerprint density at radius 1 is 0.756 bits per heavy atom. The summed E-state index contributed by atoms with van der Waals surface area (Å²) in [5, 5.41) is 11.7. The molecular weight excluding hydrogens is 530 g/mol. The van der Waals surface area contributed by atoms with Crippen molar-refractivity contribution in [3.8, 4) is 5.69 Å². The molecule has 1 aliphatic heterocycles. The molecule has 7 rings (SSSR count). The van der Waals surface area contributed by atoms with E-state index in [9.17, 15) is 14.4 Å². The molecular formula is C34H31N3O3S. The number of rotatable bonds is 3. The number of aromatic nitrogens is 1. The zero-order chi connectivity index (χ0) is 28.7. The Bertz CT molecular complexity index is 2070. The molecule has 0 saturated carbocycles. The third-order valence-electron chi connectivity index (χ3n) is 8.30. The van der Waals surface area contributed by atoms with Gasteiger partial charge in [0, 0.05) is 53.6 Å². The van der Waals surface area contributed by atoms with Crippen LogP contribution in [-0.4, -0.2) is 27.6 Å². The van der Waals surface area contributed by atoms with E-state index in [4.69, 9.17) is 0 Å². The van der Waals surface area contributed by atoms with Gasteiger partial charge >= 0.3 is 0 Å². The number of nitrogens with one attached hydrogen (secondary N) is 2. The fourth-order valence-corrected chi connectivity index (χ4v) is 8.17. The largest absolute Gasteiger partial charge is 0.349 e. The van der Waals surface area contributed by atoms with E-state index in [1.165, 1.54) is 4.57 Å². The second-order valence-electron chi connectivity index (χ2n) is 12.6. The Morgan fingerprint density at radius 2 is 1.37 bits per heavy atom. The average Bonchev–Trinajstić information content (AvgIpc) is 2.91. The summed E-state index contributed by atoms with van der Waals surface area (Å²) < 4.78 is 3.43. The number of pyridine rings is 1. The van der Waals surface area contributed by atoms with E-state index < -0.39 is 0 Å². The SMILES string of the molecule is CC1(C)CC(NC(=O)c2ccc(-n3c(=O)c4ccc5sc6ccccc6c6ccc(c3=O)c4c56)cc2)CC(C)(C)N1. The van der Waals surface area contributed by atoms with Gasteiger partial charge in [0.15, 0.2) is 0 Å². The quantitative estimate of drug-likeness (QED) is 0.195. The fourth-order valence-electron chi connectivity index (χ4n) is 7.05. The summed E-state index contributed by atoms with van der Waals surface area (Å²) >= 11 is 1.67. The van der Waals surface area contributed by atoms with Crippen LogP contribution in [0.25, 0.3) is 47.4 Å². The lowest BCUT2D eigenvalue weighted by Crippen LogP contribution is -2.62. The van der Waals surface area contributed by atoms with E-state index in [0.717, 1.165) is 43.8 Å². The summed E-state index contributed by atoms with van der Waals surface area (Å²) in [4.78, 5) is 40.8. The molecule has 0 atom stereocenters. The van der Waals surface area contributed by atoms with Gasteiger partial charge in [0.2, 0.25) is 0 Å². The van der Waals surface area contributed by atoms with Gasteiger partial charge < -0.3 is 10.6 Å². The minimum atomic E-state index is -0.355. The van der Waals surface area contributed by atoms with Gasteiger partial charge in [-0.25, -0.2) is 4.57 Å². The number of amides is 1. The number of nitrogens with zero attached hydrogens (tertiary/aromatic N) is 1. The molecule has 206 valence electrons. The van der Waals surface area contributed by atoms with E-state index in [1.807, 2.05) is 36.4 Å². The van der Waals surface area contributed by atoms with Gasteiger partial charge in [0.1, 0.15) is 0 Å². The number of hydrogen-bond acceptors (Lipinski definition) is 5. The lowest BCUT2D eigenvalue weighted by molar-refractivity contribution is 0.0873. The van der Waals surface area contributed by atoms with E-state index in [-0.39, 0.29) is 34.1 Å². The van der Waals surface area contributed by atoms with Crippen molar-refractivity contribution >= 4 is 59.0 Å². The number of piperidine rings is 1. The van der Waals surface area contributed by atoms with Gasteiger partial charge in [-0.15, -0.1) is 11.3 Å². The molecule has 0 aliphatic carbocycles. The lowest BCUT2D eigenvalue weighted by Gasteiger charge is -2.46. The van der Waals surface area contributed by atoms with Crippen molar-refractivity contribution < 1.29 is 4.79 Å². The van der Waals surface area contributed by atoms with E-state index in [0.29, 0.717) is 22.0 Å². The molecule has 1 amide bonds. The highest BCUT2D eigenvalue weighted by Gasteiger charge is 2.38. The molecule has 4 aromatic carbocycles. The second kappa shape index (κ2) is 8.96. The van der Waals surface area contributed by atoms with Crippen LogP contribution in [0.1, 0.15) is 50.9 Å². The second-order valence-corrected chi connectivity index (χ2v) is 13.7. The van der Waals surface area contributed by atoms with Crippen molar-refractivity contribution in [2.24, 2.45) is 0 Å². The number of fused-ring (bicyclic) bond motifs is 2. The van der Waals surface area contributed by atoms with Crippen molar-refractivity contribution in [2.75, 3.05) is 0 Å². The maximum atomic E-state index is 13.8. The summed E-state index contributed by atoms with van der Waals surface area (Å²) in [5.41, 5.74) is 0.0616. The van der Waals surface area contributed by atoms with Crippen LogP contribution in [0.4, 0.5) is 0 Å². The average molecular weight is 562 g/mol. The first-order chi connectivity index (χ1) is 19.5. The van der Waals surface area contributed by atoms with E-state index >= 15 is 0 Å². The van der Waals surface area contributed by atoms with Crippen molar-refractivity contribution in [1.29, 1.82) is 0 Å². The van der Waals surface area contributed by atoms with Gasteiger partial charge in [-0.3, -0.25) is 14.4 Å². The Balaban J connectivity index is 1.28. The fraction of sp³-hybridized carbons (Fsp3) is 0.265. The smallest absolute Gasteiger partial charge is 0.265 e. The summed E-state index contributed by atoms with van der Waals surface area (Å²) in [7, 11) is 0. The minimum absolute atomic E-state index is 0.0439. The predicted molar refractivity (Wildman–Crippen MR) is 169 cm³/mol. The van der Waals surface area contributed by atoms with Crippen molar-refractivity contribution in [3.63, 3.8) is 0 Å². The standard InChI is InChI=1S/C34H31N3O3S/c1-33(2)17-20(18-34(3,4)36-33)35-30(38)19-9-11-21(12-10-19)37-31(39)24-14-13-23-22-7-5-6-8-26(22)41-27-16-15-25(32(37)40)28(24)29(23)27/h5-16,20,36H,17-18H2,1-4H3,(H,35,38). The van der Waals surface area contributed by atoms with Crippen LogP contribution in [0.5, 0.6) is 0 Å². The number of hydrogen-bond donors (Lipinski definition) is 2. The molecule has 0 radical (unpaired) electrons. The summed E-state index contributed by atoms with van der Waals surface area (Å²) in [6.07, 6.45) is 1.66. The molecule has 2 aromatic heterocycles. The highest BCUT2D eigenvalue weighted by molar-refractivity contribution is 7.25. The maximum Gasteiger partial charge on any atom is 0.265 e. The first-order valence-electron chi connectivity index (χ1n) is 14.0. The van der Waals surface area contributed by atoms with Gasteiger partial charge in [0.05, 0.1) is 5.69 Å². The monoisotopic (exact) mass is 561 g/mol. The van der Waals surface area contributed by atoms with Gasteiger partial charge in [-0.1, -0.05) is 24.3 Å². The van der Waals surface area contributed by atoms with Gasteiger partial charge in [-0.2, -0.15) is 0 Å². The Morgan fingerprint density at radius 3 is 2.05 bits per heavy atom. The topological polar surface area (TPSA) is 80.2 Å². The number of carbonyl (C=O) groups is 1. The van der Waals surface area contributed by atoms with Crippen LogP contribution in [0.2, 0.25) is 0 Å². The normalized spacial score (nSPS) is 17.1. The van der Waals surface area contributed by atoms with Crippen LogP contribution in [0, 0.1) is 0 Å². The van der Waals surface area contributed by atoms with Crippen molar-refractivity contribution in [2.45, 2.75) is 57.7 Å². The molecule has 3 heterocycles. The molecule has 0 bridgehead atoms. The minimum Gasteiger partial charge on any atom is -0.349 e. The molecule has 7 heteroatoms. The summed E-state index contributed by atoms with van der Waals surface area (Å²) in [6, 6.07) is 22.6. The molecule has 0 unspecified atom stereocenters. The zero-order valence-corrected chi connectivity index (χ0v) is 24.3. The first kappa shape index (κ1) is 25.9. The van der Waals surface area contributed by atoms with Crippen LogP contribution in [0.15, 0.2) is 82.4 Å². The van der Waals surface area contributed by atoms with Crippen molar-refractivity contribution in [1.82, 2.24) is 15.2 Å². The van der Waals surface area contributed by atoms with Crippen LogP contribution < -0.4 is 21.8 Å². The molecule has 1 aliphatic rings. The molecule has 6 nitrogen and oxygen atoms in total.